The van der Waals surface area contributed by atoms with Gasteiger partial charge in [0.15, 0.2) is 0 Å². The maximum absolute atomic E-state index is 14.7. The van der Waals surface area contributed by atoms with E-state index in [1.54, 1.807) is 31.4 Å². The van der Waals surface area contributed by atoms with Crippen molar-refractivity contribution in [3.05, 3.63) is 123 Å². The molecule has 0 amide bonds. The van der Waals surface area contributed by atoms with E-state index in [0.717, 1.165) is 19.2 Å². The van der Waals surface area contributed by atoms with E-state index in [-0.39, 0.29) is 0 Å². The molecule has 0 atom stereocenters. The van der Waals surface area contributed by atoms with Crippen molar-refractivity contribution in [3.63, 3.8) is 0 Å². The van der Waals surface area contributed by atoms with Crippen LogP contribution in [0.25, 0.3) is 16.8 Å². The molecule has 0 radical (unpaired) electrons. The first-order valence-corrected chi connectivity index (χ1v) is 12.6. The molecule has 5 rings (SSSR count). The first-order chi connectivity index (χ1) is 18.0. The SMILES string of the molecule is COc1ccccc1C1=N/C(=C(/c2ccc(I)cc2)c2ccc(-c3ccccc3OC)n2B(F)F)C=C1. The third-order valence-corrected chi connectivity index (χ3v) is 6.88. The minimum atomic E-state index is -2.78. The number of ether oxygens (including phenoxy) is 2. The molecule has 0 saturated heterocycles. The van der Waals surface area contributed by atoms with E-state index < -0.39 is 7.40 Å². The Labute approximate surface area is 228 Å². The third kappa shape index (κ3) is 4.85. The van der Waals surface area contributed by atoms with E-state index >= 15 is 0 Å². The van der Waals surface area contributed by atoms with Crippen LogP contribution < -0.4 is 9.47 Å². The molecular weight excluding hydrogens is 584 g/mol. The zero-order chi connectivity index (χ0) is 25.9. The number of aliphatic imine (C=N–C) groups is 1. The molecule has 37 heavy (non-hydrogen) atoms. The quantitative estimate of drug-likeness (QED) is 0.163. The fourth-order valence-corrected chi connectivity index (χ4v) is 4.85. The Hall–Kier alpha value is -3.66. The summed E-state index contributed by atoms with van der Waals surface area (Å²) in [5.74, 6) is 1.21. The highest BCUT2D eigenvalue weighted by atomic mass is 127. The number of allylic oxidation sites excluding steroid dienone is 2. The van der Waals surface area contributed by atoms with Crippen molar-refractivity contribution in [3.8, 4) is 22.8 Å². The zero-order valence-electron chi connectivity index (χ0n) is 20.2. The predicted octanol–water partition coefficient (Wildman–Crippen LogP) is 7.37. The number of hydrogen-bond acceptors (Lipinski definition) is 3. The lowest BCUT2D eigenvalue weighted by molar-refractivity contribution is 0.414. The van der Waals surface area contributed by atoms with E-state index in [2.05, 4.69) is 22.6 Å². The molecule has 8 heteroatoms. The van der Waals surface area contributed by atoms with Crippen LogP contribution in [0.2, 0.25) is 0 Å². The summed E-state index contributed by atoms with van der Waals surface area (Å²) in [6.07, 6.45) is 3.75. The van der Waals surface area contributed by atoms with Gasteiger partial charge in [-0.25, -0.2) is 4.99 Å². The molecule has 2 heterocycles. The maximum Gasteiger partial charge on any atom is 0.678 e. The van der Waals surface area contributed by atoms with Gasteiger partial charge < -0.3 is 14.0 Å². The number of aromatic nitrogens is 1. The average molecular weight is 606 g/mol. The van der Waals surface area contributed by atoms with Crippen LogP contribution in [0.15, 0.2) is 108 Å². The van der Waals surface area contributed by atoms with Crippen LogP contribution in [-0.4, -0.2) is 31.8 Å². The molecule has 0 N–H and O–H groups in total. The van der Waals surface area contributed by atoms with Crippen molar-refractivity contribution in [2.75, 3.05) is 14.2 Å². The second-order valence-electron chi connectivity index (χ2n) is 8.25. The van der Waals surface area contributed by atoms with Gasteiger partial charge in [0.05, 0.1) is 25.6 Å². The molecule has 3 aromatic carbocycles. The standard InChI is InChI=1S/C29H22BF2IN2O2/c1-36-27-9-5-3-7-21(27)23-15-16-24(34-23)29(19-11-13-20(33)14-12-19)26-18-17-25(35(26)30(31)32)22-8-4-6-10-28(22)37-2/h3-18H,1-2H3/b29-24-. The van der Waals surface area contributed by atoms with Gasteiger partial charge in [0, 0.05) is 31.7 Å². The van der Waals surface area contributed by atoms with Crippen molar-refractivity contribution in [1.29, 1.82) is 0 Å². The molecule has 1 aromatic heterocycles. The molecule has 184 valence electrons. The first-order valence-electron chi connectivity index (χ1n) is 11.6. The average Bonchev–Trinajstić information content (AvgIpc) is 3.58. The van der Waals surface area contributed by atoms with Gasteiger partial charge >= 0.3 is 7.40 Å². The number of halogens is 3. The third-order valence-electron chi connectivity index (χ3n) is 6.16. The highest BCUT2D eigenvalue weighted by Gasteiger charge is 2.29. The lowest BCUT2D eigenvalue weighted by Crippen LogP contribution is -2.18. The van der Waals surface area contributed by atoms with Crippen LogP contribution >= 0.6 is 22.6 Å². The van der Waals surface area contributed by atoms with Crippen molar-refractivity contribution in [2.24, 2.45) is 4.99 Å². The Balaban J connectivity index is 1.75. The van der Waals surface area contributed by atoms with E-state index in [9.17, 15) is 8.63 Å². The summed E-state index contributed by atoms with van der Waals surface area (Å²) >= 11 is 2.23. The number of rotatable bonds is 7. The van der Waals surface area contributed by atoms with Gasteiger partial charge in [-0.15, -0.1) is 0 Å². The molecule has 4 aromatic rings. The molecule has 0 fully saturated rings. The molecule has 0 aliphatic carbocycles. The van der Waals surface area contributed by atoms with E-state index in [4.69, 9.17) is 14.5 Å². The molecule has 0 spiro atoms. The zero-order valence-corrected chi connectivity index (χ0v) is 22.3. The summed E-state index contributed by atoms with van der Waals surface area (Å²) in [5, 5.41) is 0. The van der Waals surface area contributed by atoms with Crippen LogP contribution in [-0.2, 0) is 0 Å². The Morgan fingerprint density at radius 1 is 0.784 bits per heavy atom. The normalized spacial score (nSPS) is 13.9. The summed E-state index contributed by atoms with van der Waals surface area (Å²) in [6.45, 7) is 0. The van der Waals surface area contributed by atoms with Crippen molar-refractivity contribution < 1.29 is 18.1 Å². The molecular formula is C29H22BF2IN2O2. The van der Waals surface area contributed by atoms with Gasteiger partial charge in [-0.1, -0.05) is 36.4 Å². The molecule has 4 nitrogen and oxygen atoms in total. The van der Waals surface area contributed by atoms with E-state index in [0.29, 0.717) is 45.4 Å². The number of hydrogen-bond donors (Lipinski definition) is 0. The van der Waals surface area contributed by atoms with Crippen molar-refractivity contribution in [1.82, 2.24) is 4.48 Å². The number of para-hydroxylation sites is 2. The van der Waals surface area contributed by atoms with Crippen molar-refractivity contribution in [2.45, 2.75) is 0 Å². The van der Waals surface area contributed by atoms with Gasteiger partial charge in [0.1, 0.15) is 11.5 Å². The molecule has 1 aliphatic rings. The molecule has 0 bridgehead atoms. The van der Waals surface area contributed by atoms with Gasteiger partial charge in [-0.2, -0.15) is 0 Å². The van der Waals surface area contributed by atoms with Gasteiger partial charge in [0.25, 0.3) is 0 Å². The second-order valence-corrected chi connectivity index (χ2v) is 9.50. The smallest absolute Gasteiger partial charge is 0.496 e. The van der Waals surface area contributed by atoms with Gasteiger partial charge in [0.2, 0.25) is 0 Å². The maximum atomic E-state index is 14.7. The van der Waals surface area contributed by atoms with E-state index in [1.165, 1.54) is 7.11 Å². The van der Waals surface area contributed by atoms with Crippen molar-refractivity contribution >= 4 is 41.3 Å². The minimum absolute atomic E-state index is 0.363. The largest absolute Gasteiger partial charge is 0.678 e. The summed E-state index contributed by atoms with van der Waals surface area (Å²) in [6, 6.07) is 26.0. The highest BCUT2D eigenvalue weighted by Crippen LogP contribution is 2.38. The summed E-state index contributed by atoms with van der Waals surface area (Å²) < 4.78 is 42.6. The topological polar surface area (TPSA) is 35.8 Å². The summed E-state index contributed by atoms with van der Waals surface area (Å²) in [5.41, 5.74) is 4.84. The monoisotopic (exact) mass is 606 g/mol. The second kappa shape index (κ2) is 10.8. The molecule has 0 unspecified atom stereocenters. The van der Waals surface area contributed by atoms with Crippen LogP contribution in [0.4, 0.5) is 8.63 Å². The lowest BCUT2D eigenvalue weighted by Gasteiger charge is -2.16. The molecule has 0 saturated carbocycles. The summed E-state index contributed by atoms with van der Waals surface area (Å²) in [4.78, 5) is 4.88. The van der Waals surface area contributed by atoms with Crippen LogP contribution in [0, 0.1) is 3.57 Å². The Morgan fingerprint density at radius 2 is 1.41 bits per heavy atom. The van der Waals surface area contributed by atoms with E-state index in [1.807, 2.05) is 72.8 Å². The highest BCUT2D eigenvalue weighted by molar-refractivity contribution is 14.1. The fraction of sp³-hybridized carbons (Fsp3) is 0.0690. The predicted molar refractivity (Wildman–Crippen MR) is 154 cm³/mol. The van der Waals surface area contributed by atoms with Crippen LogP contribution in [0.5, 0.6) is 11.5 Å². The summed E-state index contributed by atoms with van der Waals surface area (Å²) in [7, 11) is 0.361. The number of methoxy groups -OCH3 is 2. The number of benzene rings is 3. The van der Waals surface area contributed by atoms with Gasteiger partial charge in [-0.3, -0.25) is 8.63 Å². The fourth-order valence-electron chi connectivity index (χ4n) is 4.49. The Kier molecular flexibility index (Phi) is 7.27. The Morgan fingerprint density at radius 3 is 2.05 bits per heavy atom. The number of nitrogens with zero attached hydrogens (tertiary/aromatic N) is 2. The van der Waals surface area contributed by atoms with Gasteiger partial charge in [-0.05, 0) is 88.8 Å². The Bertz CT molecular complexity index is 1540. The lowest BCUT2D eigenvalue weighted by atomic mass is 9.98. The van der Waals surface area contributed by atoms with Crippen LogP contribution in [0.1, 0.15) is 16.8 Å². The first kappa shape index (κ1) is 25.0. The van der Waals surface area contributed by atoms with Crippen LogP contribution in [0.3, 0.4) is 0 Å². The minimum Gasteiger partial charge on any atom is -0.496 e. The molecule has 1 aliphatic heterocycles.